The lowest BCUT2D eigenvalue weighted by Gasteiger charge is -2.23. The van der Waals surface area contributed by atoms with Crippen LogP contribution in [0.15, 0.2) is 29.2 Å². The zero-order valence-corrected chi connectivity index (χ0v) is 12.9. The summed E-state index contributed by atoms with van der Waals surface area (Å²) in [6, 6.07) is 6.67. The van der Waals surface area contributed by atoms with Gasteiger partial charge in [-0.1, -0.05) is 12.8 Å². The quantitative estimate of drug-likeness (QED) is 0.839. The maximum absolute atomic E-state index is 12.0. The van der Waals surface area contributed by atoms with Gasteiger partial charge in [0.1, 0.15) is 12.4 Å². The van der Waals surface area contributed by atoms with Crippen molar-refractivity contribution >= 4 is 10.0 Å². The minimum Gasteiger partial charge on any atom is -0.492 e. The summed E-state index contributed by atoms with van der Waals surface area (Å²) in [6.45, 7) is 0.486. The molecule has 116 valence electrons. The van der Waals surface area contributed by atoms with Crippen LogP contribution in [0.2, 0.25) is 0 Å². The summed E-state index contributed by atoms with van der Waals surface area (Å²) in [5.41, 5.74) is 6.01. The van der Waals surface area contributed by atoms with Gasteiger partial charge >= 0.3 is 0 Å². The van der Waals surface area contributed by atoms with Crippen molar-refractivity contribution in [2.75, 3.05) is 6.61 Å². The van der Waals surface area contributed by atoms with Gasteiger partial charge in [0.15, 0.2) is 0 Å². The third-order valence-electron chi connectivity index (χ3n) is 4.16. The van der Waals surface area contributed by atoms with Crippen molar-refractivity contribution in [3.63, 3.8) is 0 Å². The number of nitrogens with one attached hydrogen (secondary N) is 1. The Hall–Kier alpha value is -1.11. The average molecular weight is 310 g/mol. The van der Waals surface area contributed by atoms with Gasteiger partial charge < -0.3 is 10.5 Å². The van der Waals surface area contributed by atoms with Crippen LogP contribution in [-0.4, -0.2) is 26.6 Å². The molecule has 0 heterocycles. The molecule has 3 N–H and O–H groups in total. The molecule has 21 heavy (non-hydrogen) atoms. The van der Waals surface area contributed by atoms with Crippen LogP contribution in [0, 0.1) is 0 Å². The van der Waals surface area contributed by atoms with Crippen LogP contribution in [0.1, 0.15) is 38.5 Å². The zero-order valence-electron chi connectivity index (χ0n) is 12.0. The van der Waals surface area contributed by atoms with Crippen LogP contribution in [0.3, 0.4) is 0 Å². The maximum Gasteiger partial charge on any atom is 0.240 e. The molecule has 2 saturated carbocycles. The molecular weight excluding hydrogens is 288 g/mol. The Kier molecular flexibility index (Phi) is 3.94. The Morgan fingerprint density at radius 1 is 1.19 bits per heavy atom. The average Bonchev–Trinajstić information content (AvgIpc) is 3.15. The fourth-order valence-electron chi connectivity index (χ4n) is 2.65. The molecule has 2 fully saturated rings. The van der Waals surface area contributed by atoms with E-state index in [0.29, 0.717) is 12.4 Å². The van der Waals surface area contributed by atoms with Crippen LogP contribution in [0.4, 0.5) is 0 Å². The number of rotatable bonds is 6. The van der Waals surface area contributed by atoms with E-state index in [1.165, 1.54) is 0 Å². The molecular formula is C15H22N2O3S. The van der Waals surface area contributed by atoms with Crippen LogP contribution >= 0.6 is 0 Å². The lowest BCUT2D eigenvalue weighted by molar-refractivity contribution is 0.220. The monoisotopic (exact) mass is 310 g/mol. The summed E-state index contributed by atoms with van der Waals surface area (Å²) < 4.78 is 32.5. The van der Waals surface area contributed by atoms with E-state index in [2.05, 4.69) is 4.72 Å². The van der Waals surface area contributed by atoms with E-state index in [1.807, 2.05) is 0 Å². The van der Waals surface area contributed by atoms with Crippen LogP contribution in [0.5, 0.6) is 5.75 Å². The molecule has 1 aromatic carbocycles. The second-order valence-corrected chi connectivity index (χ2v) is 7.94. The number of ether oxygens (including phenoxy) is 1. The molecule has 0 amide bonds. The van der Waals surface area contributed by atoms with Gasteiger partial charge in [0, 0.05) is 6.04 Å². The van der Waals surface area contributed by atoms with Gasteiger partial charge in [-0.05, 0) is 49.9 Å². The highest BCUT2D eigenvalue weighted by Crippen LogP contribution is 2.28. The fraction of sp³-hybridized carbons (Fsp3) is 0.600. The SMILES string of the molecule is NC1(COc2ccc(S(=O)(=O)NC3CC3)cc2)CCCC1. The second-order valence-electron chi connectivity index (χ2n) is 6.23. The Labute approximate surface area is 125 Å². The van der Waals surface area contributed by atoms with Gasteiger partial charge in [0.05, 0.1) is 10.4 Å². The minimum absolute atomic E-state index is 0.116. The van der Waals surface area contributed by atoms with Crippen molar-refractivity contribution in [1.82, 2.24) is 4.72 Å². The van der Waals surface area contributed by atoms with Gasteiger partial charge in [0.25, 0.3) is 0 Å². The third kappa shape index (κ3) is 3.75. The molecule has 3 rings (SSSR count). The van der Waals surface area contributed by atoms with Gasteiger partial charge in [-0.2, -0.15) is 0 Å². The molecule has 6 heteroatoms. The first-order chi connectivity index (χ1) is 9.97. The molecule has 0 aromatic heterocycles. The summed E-state index contributed by atoms with van der Waals surface area (Å²) >= 11 is 0. The van der Waals surface area contributed by atoms with E-state index in [1.54, 1.807) is 24.3 Å². The Morgan fingerprint density at radius 2 is 1.81 bits per heavy atom. The summed E-state index contributed by atoms with van der Waals surface area (Å²) in [6.07, 6.45) is 6.15. The molecule has 0 bridgehead atoms. The first-order valence-electron chi connectivity index (χ1n) is 7.51. The highest BCUT2D eigenvalue weighted by Gasteiger charge is 2.30. The zero-order chi connectivity index (χ0) is 14.9. The lowest BCUT2D eigenvalue weighted by Crippen LogP contribution is -2.42. The molecule has 0 aliphatic heterocycles. The molecule has 0 spiro atoms. The summed E-state index contributed by atoms with van der Waals surface area (Å²) in [5.74, 6) is 0.664. The maximum atomic E-state index is 12.0. The fourth-order valence-corrected chi connectivity index (χ4v) is 3.96. The smallest absolute Gasteiger partial charge is 0.240 e. The van der Waals surface area contributed by atoms with E-state index in [9.17, 15) is 8.42 Å². The molecule has 1 aromatic rings. The van der Waals surface area contributed by atoms with Crippen molar-refractivity contribution < 1.29 is 13.2 Å². The Balaban J connectivity index is 1.61. The Bertz CT molecular complexity index is 588. The molecule has 2 aliphatic rings. The van der Waals surface area contributed by atoms with Gasteiger partial charge in [-0.25, -0.2) is 13.1 Å². The van der Waals surface area contributed by atoms with Crippen LogP contribution in [-0.2, 0) is 10.0 Å². The van der Waals surface area contributed by atoms with Gasteiger partial charge in [0.2, 0.25) is 10.0 Å². The molecule has 5 nitrogen and oxygen atoms in total. The standard InChI is InChI=1S/C15H22N2O3S/c16-15(9-1-2-10-15)11-20-13-5-7-14(8-6-13)21(18,19)17-12-3-4-12/h5-8,12,17H,1-4,9-11,16H2. The lowest BCUT2D eigenvalue weighted by atomic mass is 10.0. The predicted molar refractivity (Wildman–Crippen MR) is 80.7 cm³/mol. The highest BCUT2D eigenvalue weighted by molar-refractivity contribution is 7.89. The summed E-state index contributed by atoms with van der Waals surface area (Å²) in [7, 11) is -3.39. The van der Waals surface area contributed by atoms with Crippen molar-refractivity contribution in [1.29, 1.82) is 0 Å². The van der Waals surface area contributed by atoms with Crippen LogP contribution in [0.25, 0.3) is 0 Å². The number of benzene rings is 1. The normalized spacial score (nSPS) is 21.4. The van der Waals surface area contributed by atoms with E-state index < -0.39 is 10.0 Å². The van der Waals surface area contributed by atoms with E-state index in [4.69, 9.17) is 10.5 Å². The van der Waals surface area contributed by atoms with Crippen molar-refractivity contribution in [2.45, 2.75) is 55.0 Å². The van der Waals surface area contributed by atoms with E-state index in [-0.39, 0.29) is 16.5 Å². The number of hydrogen-bond donors (Lipinski definition) is 2. The first-order valence-corrected chi connectivity index (χ1v) is 8.99. The molecule has 0 saturated heterocycles. The third-order valence-corrected chi connectivity index (χ3v) is 5.70. The van der Waals surface area contributed by atoms with Crippen molar-refractivity contribution in [3.05, 3.63) is 24.3 Å². The highest BCUT2D eigenvalue weighted by atomic mass is 32.2. The number of nitrogens with two attached hydrogens (primary N) is 1. The van der Waals surface area contributed by atoms with E-state index in [0.717, 1.165) is 38.5 Å². The molecule has 0 unspecified atom stereocenters. The minimum atomic E-state index is -3.39. The summed E-state index contributed by atoms with van der Waals surface area (Å²) in [4.78, 5) is 0.282. The second kappa shape index (κ2) is 5.59. The number of sulfonamides is 1. The molecule has 2 aliphatic carbocycles. The predicted octanol–water partition coefficient (Wildman–Crippen LogP) is 1.78. The summed E-state index contributed by atoms with van der Waals surface area (Å²) in [5, 5.41) is 0. The van der Waals surface area contributed by atoms with Crippen molar-refractivity contribution in [3.8, 4) is 5.75 Å². The Morgan fingerprint density at radius 3 is 2.38 bits per heavy atom. The molecule has 0 radical (unpaired) electrons. The largest absolute Gasteiger partial charge is 0.492 e. The van der Waals surface area contributed by atoms with Gasteiger partial charge in [-0.15, -0.1) is 0 Å². The number of hydrogen-bond acceptors (Lipinski definition) is 4. The van der Waals surface area contributed by atoms with Crippen LogP contribution < -0.4 is 15.2 Å². The van der Waals surface area contributed by atoms with Crippen molar-refractivity contribution in [2.24, 2.45) is 5.73 Å². The molecule has 0 atom stereocenters. The van der Waals surface area contributed by atoms with Gasteiger partial charge in [-0.3, -0.25) is 0 Å². The topological polar surface area (TPSA) is 81.4 Å². The first kappa shape index (κ1) is 14.8. The van der Waals surface area contributed by atoms with E-state index >= 15 is 0 Å².